The number of nitrogens with one attached hydrogen (secondary N) is 2. The van der Waals surface area contributed by atoms with Gasteiger partial charge in [0.25, 0.3) is 0 Å². The first-order chi connectivity index (χ1) is 11.6. The van der Waals surface area contributed by atoms with Crippen LogP contribution in [-0.4, -0.2) is 23.7 Å². The second-order valence-corrected chi connectivity index (χ2v) is 6.92. The van der Waals surface area contributed by atoms with Gasteiger partial charge in [0.05, 0.1) is 10.7 Å². The Morgan fingerprint density at radius 2 is 2.25 bits per heavy atom. The number of hydrogen-bond acceptors (Lipinski definition) is 3. The predicted molar refractivity (Wildman–Crippen MR) is 107 cm³/mol. The van der Waals surface area contributed by atoms with Crippen LogP contribution in [0.2, 0.25) is 5.02 Å². The fraction of sp³-hybridized carbons (Fsp3) is 0.333. The van der Waals surface area contributed by atoms with E-state index in [9.17, 15) is 0 Å². The molecular weight excluding hydrogens is 339 g/mol. The molecular formula is C18H22ClN4P. The van der Waals surface area contributed by atoms with Gasteiger partial charge in [-0.2, -0.15) is 0 Å². The summed E-state index contributed by atoms with van der Waals surface area (Å²) in [4.78, 5) is 9.23. The molecule has 4 nitrogen and oxygen atoms in total. The molecule has 2 aromatic rings. The minimum Gasteiger partial charge on any atom is -0.370 e. The van der Waals surface area contributed by atoms with Crippen molar-refractivity contribution in [3.05, 3.63) is 52.2 Å². The number of amidine groups is 1. The Kier molecular flexibility index (Phi) is 5.70. The highest BCUT2D eigenvalue weighted by Crippen LogP contribution is 2.23. The van der Waals surface area contributed by atoms with Gasteiger partial charge in [0.1, 0.15) is 11.4 Å². The second-order valence-electron chi connectivity index (χ2n) is 5.97. The first-order valence-electron chi connectivity index (χ1n) is 8.17. The van der Waals surface area contributed by atoms with Crippen molar-refractivity contribution >= 4 is 37.9 Å². The molecule has 24 heavy (non-hydrogen) atoms. The van der Waals surface area contributed by atoms with Crippen LogP contribution in [0.25, 0.3) is 0 Å². The molecule has 126 valence electrons. The van der Waals surface area contributed by atoms with E-state index in [0.29, 0.717) is 11.6 Å². The molecule has 1 unspecified atom stereocenters. The van der Waals surface area contributed by atoms with Gasteiger partial charge in [-0.1, -0.05) is 33.0 Å². The maximum absolute atomic E-state index is 6.23. The highest BCUT2D eigenvalue weighted by Gasteiger charge is 2.10. The van der Waals surface area contributed by atoms with Gasteiger partial charge in [0.15, 0.2) is 0 Å². The topological polar surface area (TPSA) is 49.3 Å². The van der Waals surface area contributed by atoms with Gasteiger partial charge in [0.2, 0.25) is 0 Å². The highest BCUT2D eigenvalue weighted by atomic mass is 35.5. The van der Waals surface area contributed by atoms with E-state index in [0.717, 1.165) is 47.7 Å². The van der Waals surface area contributed by atoms with Gasteiger partial charge in [-0.25, -0.2) is 4.98 Å². The second kappa shape index (κ2) is 7.96. The van der Waals surface area contributed by atoms with E-state index in [4.69, 9.17) is 11.6 Å². The number of halogens is 1. The number of rotatable bonds is 4. The van der Waals surface area contributed by atoms with E-state index >= 15 is 0 Å². The SMILES string of the molecule is Cc1ccc(NC(P)=NCCc2ccc3c(n2)NCCC3)c(Cl)c1. The van der Waals surface area contributed by atoms with Crippen molar-refractivity contribution in [1.29, 1.82) is 0 Å². The number of pyridine rings is 1. The number of anilines is 2. The number of hydrogen-bond donors (Lipinski definition) is 2. The zero-order valence-corrected chi connectivity index (χ0v) is 15.7. The summed E-state index contributed by atoms with van der Waals surface area (Å²) >= 11 is 6.23. The number of aromatic nitrogens is 1. The van der Waals surface area contributed by atoms with E-state index in [-0.39, 0.29) is 0 Å². The summed E-state index contributed by atoms with van der Waals surface area (Å²) in [7, 11) is 2.62. The largest absolute Gasteiger partial charge is 0.370 e. The number of benzene rings is 1. The monoisotopic (exact) mass is 360 g/mol. The lowest BCUT2D eigenvalue weighted by Gasteiger charge is -2.17. The first-order valence-corrected chi connectivity index (χ1v) is 9.13. The minimum atomic E-state index is 0.682. The standard InChI is InChI=1S/C18H22ClN4P/c1-12-4-7-16(15(19)11-12)23-18(24)21-10-8-14-6-5-13-3-2-9-20-17(13)22-14/h4-7,11H,2-3,8-10,24H2,1H3,(H,20,22)(H,21,23). The number of aryl methyl sites for hydroxylation is 2. The molecule has 0 fully saturated rings. The van der Waals surface area contributed by atoms with Crippen molar-refractivity contribution in [2.45, 2.75) is 26.2 Å². The average molecular weight is 361 g/mol. The first kappa shape index (κ1) is 17.2. The summed E-state index contributed by atoms with van der Waals surface area (Å²) in [5.41, 5.74) is 5.16. The number of nitrogens with zero attached hydrogens (tertiary/aromatic N) is 2. The molecule has 0 saturated heterocycles. The number of aliphatic imine (C=N–C) groups is 1. The van der Waals surface area contributed by atoms with E-state index in [1.807, 2.05) is 25.1 Å². The molecule has 2 N–H and O–H groups in total. The molecule has 0 saturated carbocycles. The van der Waals surface area contributed by atoms with Crippen LogP contribution in [0.5, 0.6) is 0 Å². The zero-order valence-electron chi connectivity index (χ0n) is 13.8. The predicted octanol–water partition coefficient (Wildman–Crippen LogP) is 4.29. The smallest absolute Gasteiger partial charge is 0.129 e. The highest BCUT2D eigenvalue weighted by molar-refractivity contribution is 7.41. The Bertz CT molecular complexity index is 761. The molecule has 1 aliphatic heterocycles. The number of fused-ring (bicyclic) bond motifs is 1. The third-order valence-electron chi connectivity index (χ3n) is 3.99. The summed E-state index contributed by atoms with van der Waals surface area (Å²) in [5, 5.41) is 7.29. The van der Waals surface area contributed by atoms with Gasteiger partial charge in [-0.15, -0.1) is 0 Å². The fourth-order valence-electron chi connectivity index (χ4n) is 2.70. The molecule has 1 atom stereocenters. The van der Waals surface area contributed by atoms with E-state index in [1.165, 1.54) is 12.0 Å². The quantitative estimate of drug-likeness (QED) is 0.486. The minimum absolute atomic E-state index is 0.682. The van der Waals surface area contributed by atoms with Crippen LogP contribution in [-0.2, 0) is 12.8 Å². The van der Waals surface area contributed by atoms with Crippen LogP contribution in [0.4, 0.5) is 11.5 Å². The molecule has 0 aliphatic carbocycles. The third kappa shape index (κ3) is 4.46. The van der Waals surface area contributed by atoms with Gasteiger partial charge in [-0.05, 0) is 49.1 Å². The van der Waals surface area contributed by atoms with Gasteiger partial charge in [-0.3, -0.25) is 4.99 Å². The van der Waals surface area contributed by atoms with Crippen LogP contribution in [0.15, 0.2) is 35.3 Å². The molecule has 1 aromatic heterocycles. The van der Waals surface area contributed by atoms with Crippen LogP contribution in [0.1, 0.15) is 23.2 Å². The van der Waals surface area contributed by atoms with Gasteiger partial charge in [0, 0.05) is 25.2 Å². The zero-order chi connectivity index (χ0) is 16.9. The molecule has 2 heterocycles. The summed E-state index contributed by atoms with van der Waals surface area (Å²) in [6, 6.07) is 10.2. The maximum atomic E-state index is 6.23. The molecule has 0 amide bonds. The van der Waals surface area contributed by atoms with Crippen LogP contribution in [0, 0.1) is 6.92 Å². The summed E-state index contributed by atoms with van der Waals surface area (Å²) in [6.07, 6.45) is 3.11. The van der Waals surface area contributed by atoms with E-state index in [2.05, 4.69) is 42.0 Å². The van der Waals surface area contributed by atoms with E-state index < -0.39 is 0 Å². The molecule has 0 radical (unpaired) electrons. The molecule has 3 rings (SSSR count). The van der Waals surface area contributed by atoms with E-state index in [1.54, 1.807) is 0 Å². The average Bonchev–Trinajstić information content (AvgIpc) is 2.57. The van der Waals surface area contributed by atoms with Crippen molar-refractivity contribution < 1.29 is 0 Å². The van der Waals surface area contributed by atoms with Crippen molar-refractivity contribution in [3.8, 4) is 0 Å². The van der Waals surface area contributed by atoms with Crippen LogP contribution >= 0.6 is 20.8 Å². The normalized spacial score (nSPS) is 14.0. The van der Waals surface area contributed by atoms with Crippen LogP contribution < -0.4 is 10.6 Å². The fourth-order valence-corrected chi connectivity index (χ4v) is 3.26. The Morgan fingerprint density at radius 3 is 3.08 bits per heavy atom. The van der Waals surface area contributed by atoms with Crippen molar-refractivity contribution in [2.75, 3.05) is 23.7 Å². The van der Waals surface area contributed by atoms with Gasteiger partial charge < -0.3 is 10.6 Å². The van der Waals surface area contributed by atoms with Crippen molar-refractivity contribution in [3.63, 3.8) is 0 Å². The molecule has 1 aliphatic rings. The van der Waals surface area contributed by atoms with Crippen LogP contribution in [0.3, 0.4) is 0 Å². The lowest BCUT2D eigenvalue weighted by Crippen LogP contribution is -2.14. The lowest BCUT2D eigenvalue weighted by atomic mass is 10.1. The van der Waals surface area contributed by atoms with Gasteiger partial charge >= 0.3 is 0 Å². The maximum Gasteiger partial charge on any atom is 0.129 e. The molecule has 6 heteroatoms. The molecule has 1 aromatic carbocycles. The Morgan fingerprint density at radius 1 is 1.38 bits per heavy atom. The summed E-state index contributed by atoms with van der Waals surface area (Å²) < 4.78 is 0. The van der Waals surface area contributed by atoms with Crippen molar-refractivity contribution in [2.24, 2.45) is 4.99 Å². The summed E-state index contributed by atoms with van der Waals surface area (Å²) in [6.45, 7) is 3.71. The molecule has 0 spiro atoms. The Balaban J connectivity index is 1.57. The lowest BCUT2D eigenvalue weighted by molar-refractivity contribution is 0.807. The third-order valence-corrected chi connectivity index (χ3v) is 4.63. The Hall–Kier alpha value is -1.64. The Labute approximate surface area is 150 Å². The molecule has 0 bridgehead atoms. The van der Waals surface area contributed by atoms with Crippen molar-refractivity contribution in [1.82, 2.24) is 4.98 Å². The summed E-state index contributed by atoms with van der Waals surface area (Å²) in [5.74, 6) is 1.04.